The highest BCUT2D eigenvalue weighted by Crippen LogP contribution is 2.44. The number of aromatic hydroxyl groups is 2. The SMILES string of the molecule is Cc1ccc(N(C(=O)c2ccc(Br)cc2C)C(C(=O)NC2CCCCC2)c2ccc(OCCCc3c4cc(C(C)(C)C)cc3Cc3cc(C(C)(C)C)cc(c3O)Cc3cc(C(C)(C)C)cc(c3CCCOc3ccc(C(C(=O)NC5CCCCC5)N(C(=O)c5ccc(Br)cc5C)c5ccc(C)cc5)cc3)Cc3cc(C(C)(C)C)cc(c3O)C4)cc2)cc1. The molecule has 0 heterocycles. The van der Waals surface area contributed by atoms with E-state index in [1.54, 1.807) is 9.80 Å². The molecule has 0 aliphatic heterocycles. The Hall–Kier alpha value is -9.76. The maximum absolute atomic E-state index is 15.2. The number of benzene rings is 10. The molecule has 0 spiro atoms. The second-order valence-electron chi connectivity index (χ2n) is 39.0. The van der Waals surface area contributed by atoms with Gasteiger partial charge in [-0.25, -0.2) is 0 Å². The van der Waals surface area contributed by atoms with Gasteiger partial charge in [0.2, 0.25) is 11.8 Å². The average molecular weight is 1770 g/mol. The number of fused-ring (bicyclic) bond motifs is 8. The van der Waals surface area contributed by atoms with Crippen molar-refractivity contribution >= 4 is 66.9 Å². The van der Waals surface area contributed by atoms with Crippen LogP contribution in [0.2, 0.25) is 0 Å². The van der Waals surface area contributed by atoms with Crippen LogP contribution in [-0.2, 0) is 69.8 Å². The van der Waals surface area contributed by atoms with Crippen LogP contribution < -0.4 is 29.9 Å². The van der Waals surface area contributed by atoms with Crippen LogP contribution in [0.4, 0.5) is 11.4 Å². The fourth-order valence-corrected chi connectivity index (χ4v) is 18.9. The monoisotopic (exact) mass is 1760 g/mol. The maximum atomic E-state index is 15.2. The predicted molar refractivity (Wildman–Crippen MR) is 505 cm³/mol. The highest BCUT2D eigenvalue weighted by molar-refractivity contribution is 9.10. The van der Waals surface area contributed by atoms with Gasteiger partial charge in [0.1, 0.15) is 35.1 Å². The standard InChI is InChI=1S/C108H126Br2N4O8/c1-67-31-41-89(42-32-67)113(103(119)93-49-39-85(109)53-69(93)3)97(101(117)111-87-25-19-17-20-26-87)71-35-45-91(46-36-71)121-51-23-29-95-73-55-77-63-83(107(11,12)13)65-79(99(77)115)57-75-61-82(106(8,9)10)62-76(58-80-66-84(108(14,15)16)64-78(100(80)116)56-74(95)60-81(59-73)105(5,6)7)96(75)30-24-52-122-92-47-37-72(38-48-92)98(102(118)112-88-27-21-18-22-28-88)114(90-43-33-68(2)34-44-90)104(120)94-50-40-86(110)54-70(94)4/h31-50,53-54,59-66,87-88,97-98,115-116H,17-30,51-52,55-58H2,1-16H3,(H,111,117)(H,112,118). The molecular formula is C108H126Br2N4O8. The third kappa shape index (κ3) is 21.7. The summed E-state index contributed by atoms with van der Waals surface area (Å²) in [6.45, 7) is 35.7. The fraction of sp³-hybridized carbons (Fsp3) is 0.407. The molecule has 0 saturated heterocycles. The van der Waals surface area contributed by atoms with Crippen LogP contribution in [0.15, 0.2) is 191 Å². The van der Waals surface area contributed by atoms with Crippen molar-refractivity contribution in [3.63, 3.8) is 0 Å². The molecule has 122 heavy (non-hydrogen) atoms. The second-order valence-corrected chi connectivity index (χ2v) is 40.8. The first-order valence-electron chi connectivity index (χ1n) is 44.3. The van der Waals surface area contributed by atoms with Gasteiger partial charge in [0.25, 0.3) is 11.8 Å². The van der Waals surface area contributed by atoms with E-state index in [1.807, 2.05) is 161 Å². The zero-order valence-electron chi connectivity index (χ0n) is 74.8. The predicted octanol–water partition coefficient (Wildman–Crippen LogP) is 25.4. The van der Waals surface area contributed by atoms with E-state index in [9.17, 15) is 10.2 Å². The van der Waals surface area contributed by atoms with E-state index in [0.29, 0.717) is 110 Å². The number of amides is 4. The van der Waals surface area contributed by atoms with Crippen molar-refractivity contribution in [3.05, 3.63) is 313 Å². The van der Waals surface area contributed by atoms with Gasteiger partial charge < -0.3 is 30.3 Å². The number of halogens is 2. The van der Waals surface area contributed by atoms with Crippen LogP contribution in [0.5, 0.6) is 23.0 Å². The molecule has 2 atom stereocenters. The summed E-state index contributed by atoms with van der Waals surface area (Å²) in [5, 5.41) is 33.5. The quantitative estimate of drug-likeness (QED) is 0.0489. The molecule has 0 aromatic heterocycles. The summed E-state index contributed by atoms with van der Waals surface area (Å²) < 4.78 is 15.2. The second kappa shape index (κ2) is 38.2. The Labute approximate surface area is 742 Å². The molecular weight excluding hydrogens is 1640 g/mol. The van der Waals surface area contributed by atoms with Crippen molar-refractivity contribution in [2.75, 3.05) is 23.0 Å². The van der Waals surface area contributed by atoms with Gasteiger partial charge in [-0.2, -0.15) is 0 Å². The summed E-state index contributed by atoms with van der Waals surface area (Å²) >= 11 is 7.21. The lowest BCUT2D eigenvalue weighted by molar-refractivity contribution is -0.124. The van der Waals surface area contributed by atoms with E-state index < -0.39 is 12.1 Å². The molecule has 8 bridgehead atoms. The zero-order chi connectivity index (χ0) is 87.3. The summed E-state index contributed by atoms with van der Waals surface area (Å²) in [7, 11) is 0. The molecule has 2 fully saturated rings. The largest absolute Gasteiger partial charge is 0.507 e. The Balaban J connectivity index is 0.831. The third-order valence-corrected chi connectivity index (χ3v) is 26.3. The average Bonchev–Trinajstić information content (AvgIpc) is 0.772. The first kappa shape index (κ1) is 90.0. The Bertz CT molecular complexity index is 5000. The van der Waals surface area contributed by atoms with Crippen LogP contribution in [0, 0.1) is 27.7 Å². The van der Waals surface area contributed by atoms with Crippen LogP contribution in [0.25, 0.3) is 0 Å². The number of hydrogen-bond donors (Lipinski definition) is 4. The first-order chi connectivity index (χ1) is 57.9. The van der Waals surface area contributed by atoms with E-state index in [0.717, 1.165) is 162 Å². The number of aryl methyl sites for hydroxylation is 4. The number of hydrogen-bond acceptors (Lipinski definition) is 8. The van der Waals surface area contributed by atoms with Gasteiger partial charge in [-0.05, 0) is 286 Å². The molecule has 2 saturated carbocycles. The molecule has 3 aliphatic rings. The number of carbonyl (C=O) groups excluding carboxylic acids is 4. The smallest absolute Gasteiger partial charge is 0.259 e. The first-order valence-corrected chi connectivity index (χ1v) is 45.9. The molecule has 14 heteroatoms. The van der Waals surface area contributed by atoms with Crippen molar-refractivity contribution in [2.45, 2.75) is 272 Å². The molecule has 4 amide bonds. The Morgan fingerprint density at radius 3 is 0.951 bits per heavy atom. The minimum Gasteiger partial charge on any atom is -0.507 e. The van der Waals surface area contributed by atoms with Crippen molar-refractivity contribution in [2.24, 2.45) is 0 Å². The van der Waals surface area contributed by atoms with E-state index in [-0.39, 0.29) is 68.9 Å². The number of nitrogens with one attached hydrogen (secondary N) is 2. The molecule has 4 N–H and O–H groups in total. The number of phenolic OH excluding ortho intramolecular Hbond substituents is 2. The lowest BCUT2D eigenvalue weighted by atomic mass is 9.77. The van der Waals surface area contributed by atoms with Gasteiger partial charge in [0.05, 0.1) is 13.2 Å². The molecule has 10 aromatic rings. The molecule has 640 valence electrons. The normalized spacial score (nSPS) is 14.8. The van der Waals surface area contributed by atoms with Gasteiger partial charge >= 0.3 is 0 Å². The highest BCUT2D eigenvalue weighted by atomic mass is 79.9. The number of rotatable bonds is 22. The summed E-state index contributed by atoms with van der Waals surface area (Å²) in [5.74, 6) is 0.860. The van der Waals surface area contributed by atoms with Gasteiger partial charge in [-0.1, -0.05) is 262 Å². The van der Waals surface area contributed by atoms with Crippen molar-refractivity contribution < 1.29 is 38.9 Å². The minimum absolute atomic E-state index is 0.00775. The van der Waals surface area contributed by atoms with Gasteiger partial charge in [-0.3, -0.25) is 29.0 Å². The fourth-order valence-electron chi connectivity index (χ4n) is 17.9. The molecule has 10 aromatic carbocycles. The zero-order valence-corrected chi connectivity index (χ0v) is 77.9. The van der Waals surface area contributed by atoms with Crippen molar-refractivity contribution in [1.29, 1.82) is 0 Å². The summed E-state index contributed by atoms with van der Waals surface area (Å²) in [6, 6.07) is 58.7. The number of carbonyl (C=O) groups is 4. The van der Waals surface area contributed by atoms with Crippen LogP contribution in [-0.4, -0.2) is 59.1 Å². The Kier molecular flexibility index (Phi) is 28.1. The number of ether oxygens (including phenoxy) is 2. The van der Waals surface area contributed by atoms with Gasteiger partial charge in [0.15, 0.2) is 0 Å². The topological polar surface area (TPSA) is 158 Å². The van der Waals surface area contributed by atoms with Gasteiger partial charge in [0, 0.05) is 69.2 Å². The number of anilines is 2. The van der Waals surface area contributed by atoms with E-state index in [2.05, 4.69) is 174 Å². The summed E-state index contributed by atoms with van der Waals surface area (Å²) in [4.78, 5) is 64.0. The summed E-state index contributed by atoms with van der Waals surface area (Å²) in [5.41, 5.74) is 21.0. The van der Waals surface area contributed by atoms with Crippen molar-refractivity contribution in [1.82, 2.24) is 10.6 Å². The molecule has 12 nitrogen and oxygen atoms in total. The Morgan fingerprint density at radius 1 is 0.385 bits per heavy atom. The van der Waals surface area contributed by atoms with Crippen molar-refractivity contribution in [3.8, 4) is 23.0 Å². The third-order valence-electron chi connectivity index (χ3n) is 25.3. The maximum Gasteiger partial charge on any atom is 0.259 e. The highest BCUT2D eigenvalue weighted by Gasteiger charge is 2.39. The molecule has 13 rings (SSSR count). The van der Waals surface area contributed by atoms with Crippen LogP contribution in [0.3, 0.4) is 0 Å². The van der Waals surface area contributed by atoms with E-state index in [1.165, 1.54) is 11.1 Å². The van der Waals surface area contributed by atoms with Gasteiger partial charge in [-0.15, -0.1) is 0 Å². The summed E-state index contributed by atoms with van der Waals surface area (Å²) in [6.07, 6.45) is 14.4. The number of nitrogens with zero attached hydrogens (tertiary/aromatic N) is 2. The molecule has 0 radical (unpaired) electrons. The minimum atomic E-state index is -0.994. The van der Waals surface area contributed by atoms with E-state index >= 15 is 19.2 Å². The number of phenols is 2. The Morgan fingerprint density at radius 2 is 0.672 bits per heavy atom. The lowest BCUT2D eigenvalue weighted by Crippen LogP contribution is -2.47. The molecule has 3 aliphatic carbocycles. The van der Waals surface area contributed by atoms with E-state index in [4.69, 9.17) is 9.47 Å². The molecule has 2 unspecified atom stereocenters. The lowest BCUT2D eigenvalue weighted by Gasteiger charge is -2.34. The van der Waals surface area contributed by atoms with Crippen LogP contribution in [0.1, 0.15) is 304 Å². The van der Waals surface area contributed by atoms with Crippen LogP contribution >= 0.6 is 31.9 Å².